The zero-order valence-corrected chi connectivity index (χ0v) is 13.4. The van der Waals surface area contributed by atoms with Crippen LogP contribution in [0.5, 0.6) is 5.75 Å². The van der Waals surface area contributed by atoms with E-state index in [0.29, 0.717) is 10.8 Å². The van der Waals surface area contributed by atoms with Crippen molar-refractivity contribution in [1.29, 1.82) is 0 Å². The van der Waals surface area contributed by atoms with Gasteiger partial charge in [0.1, 0.15) is 11.6 Å². The largest absolute Gasteiger partial charge is 0.496 e. The summed E-state index contributed by atoms with van der Waals surface area (Å²) in [7, 11) is 3.39. The van der Waals surface area contributed by atoms with E-state index in [9.17, 15) is 4.39 Å². The minimum atomic E-state index is -0.300. The summed E-state index contributed by atoms with van der Waals surface area (Å²) in [5.74, 6) is 0.332. The van der Waals surface area contributed by atoms with Crippen molar-refractivity contribution >= 4 is 27.5 Å². The maximum atomic E-state index is 13.5. The SMILES string of the molecule is CNC(c1ccc(Cl)cc1Br)c1cc(F)ccc1OC. The standard InChI is InChI=1S/C15H14BrClFNO/c1-19-15(11-5-3-9(17)7-13(11)16)12-8-10(18)4-6-14(12)20-2/h3-8,15,19H,1-2H3. The third-order valence-corrected chi connectivity index (χ3v) is 3.99. The molecule has 0 fully saturated rings. The Morgan fingerprint density at radius 3 is 2.55 bits per heavy atom. The van der Waals surface area contributed by atoms with Crippen molar-refractivity contribution in [3.05, 3.63) is 62.8 Å². The summed E-state index contributed by atoms with van der Waals surface area (Å²) in [6.45, 7) is 0. The highest BCUT2D eigenvalue weighted by Gasteiger charge is 2.19. The van der Waals surface area contributed by atoms with Gasteiger partial charge in [0.25, 0.3) is 0 Å². The first kappa shape index (κ1) is 15.3. The van der Waals surface area contributed by atoms with Crippen molar-refractivity contribution in [1.82, 2.24) is 5.32 Å². The number of methoxy groups -OCH3 is 1. The van der Waals surface area contributed by atoms with Gasteiger partial charge in [0, 0.05) is 15.1 Å². The Hall–Kier alpha value is -1.10. The van der Waals surface area contributed by atoms with Gasteiger partial charge in [-0.2, -0.15) is 0 Å². The molecule has 0 aliphatic heterocycles. The number of rotatable bonds is 4. The molecule has 5 heteroatoms. The number of hydrogen-bond acceptors (Lipinski definition) is 2. The summed E-state index contributed by atoms with van der Waals surface area (Å²) in [4.78, 5) is 0. The van der Waals surface area contributed by atoms with Gasteiger partial charge in [0.2, 0.25) is 0 Å². The van der Waals surface area contributed by atoms with Crippen LogP contribution < -0.4 is 10.1 Å². The van der Waals surface area contributed by atoms with Crippen molar-refractivity contribution in [3.8, 4) is 5.75 Å². The van der Waals surface area contributed by atoms with E-state index in [0.717, 1.165) is 15.6 Å². The molecule has 0 aromatic heterocycles. The second kappa shape index (κ2) is 6.57. The predicted molar refractivity (Wildman–Crippen MR) is 83.0 cm³/mol. The molecule has 0 saturated heterocycles. The number of halogens is 3. The van der Waals surface area contributed by atoms with E-state index in [1.807, 2.05) is 19.2 Å². The summed E-state index contributed by atoms with van der Waals surface area (Å²) in [5.41, 5.74) is 1.69. The zero-order valence-electron chi connectivity index (χ0n) is 11.1. The topological polar surface area (TPSA) is 21.3 Å². The average Bonchev–Trinajstić information content (AvgIpc) is 2.42. The molecule has 2 rings (SSSR count). The Balaban J connectivity index is 2.54. The van der Waals surface area contributed by atoms with E-state index >= 15 is 0 Å². The molecule has 2 nitrogen and oxygen atoms in total. The quantitative estimate of drug-likeness (QED) is 0.865. The first-order chi connectivity index (χ1) is 9.56. The average molecular weight is 359 g/mol. The molecule has 20 heavy (non-hydrogen) atoms. The van der Waals surface area contributed by atoms with E-state index in [2.05, 4.69) is 21.2 Å². The summed E-state index contributed by atoms with van der Waals surface area (Å²) in [5, 5.41) is 3.82. The molecular weight excluding hydrogens is 345 g/mol. The summed E-state index contributed by atoms with van der Waals surface area (Å²) >= 11 is 9.45. The van der Waals surface area contributed by atoms with Gasteiger partial charge >= 0.3 is 0 Å². The molecule has 0 heterocycles. The first-order valence-corrected chi connectivity index (χ1v) is 7.19. The lowest BCUT2D eigenvalue weighted by atomic mass is 9.98. The van der Waals surface area contributed by atoms with E-state index in [1.54, 1.807) is 19.2 Å². The van der Waals surface area contributed by atoms with Gasteiger partial charge in [0.05, 0.1) is 13.2 Å². The molecule has 0 amide bonds. The van der Waals surface area contributed by atoms with Gasteiger partial charge in [-0.05, 0) is 42.9 Å². The number of hydrogen-bond donors (Lipinski definition) is 1. The van der Waals surface area contributed by atoms with Crippen LogP contribution in [-0.2, 0) is 0 Å². The van der Waals surface area contributed by atoms with Crippen molar-refractivity contribution < 1.29 is 9.13 Å². The Bertz CT molecular complexity index is 621. The molecular formula is C15H14BrClFNO. The normalized spacial score (nSPS) is 12.2. The number of ether oxygens (including phenoxy) is 1. The molecule has 1 atom stereocenters. The lowest BCUT2D eigenvalue weighted by Gasteiger charge is -2.21. The fraction of sp³-hybridized carbons (Fsp3) is 0.200. The smallest absolute Gasteiger partial charge is 0.124 e. The molecule has 0 saturated carbocycles. The highest BCUT2D eigenvalue weighted by molar-refractivity contribution is 9.10. The van der Waals surface area contributed by atoms with E-state index < -0.39 is 0 Å². The fourth-order valence-electron chi connectivity index (χ4n) is 2.14. The maximum Gasteiger partial charge on any atom is 0.124 e. The molecule has 0 aliphatic carbocycles. The van der Waals surface area contributed by atoms with E-state index in [4.69, 9.17) is 16.3 Å². The Kier molecular flexibility index (Phi) is 5.02. The van der Waals surface area contributed by atoms with Crippen LogP contribution in [0.2, 0.25) is 5.02 Å². The van der Waals surface area contributed by atoms with Crippen LogP contribution in [0.1, 0.15) is 17.2 Å². The molecule has 2 aromatic carbocycles. The van der Waals surface area contributed by atoms with Gasteiger partial charge < -0.3 is 10.1 Å². The molecule has 106 valence electrons. The highest BCUT2D eigenvalue weighted by Crippen LogP contribution is 2.35. The van der Waals surface area contributed by atoms with Crippen molar-refractivity contribution in [2.45, 2.75) is 6.04 Å². The Labute approximate surface area is 131 Å². The van der Waals surface area contributed by atoms with Crippen LogP contribution in [0, 0.1) is 5.82 Å². The monoisotopic (exact) mass is 357 g/mol. The van der Waals surface area contributed by atoms with Crippen LogP contribution in [0.4, 0.5) is 4.39 Å². The second-order valence-electron chi connectivity index (χ2n) is 4.27. The summed E-state index contributed by atoms with van der Waals surface area (Å²) in [6, 6.07) is 9.79. The summed E-state index contributed by atoms with van der Waals surface area (Å²) in [6.07, 6.45) is 0. The molecule has 2 aromatic rings. The fourth-order valence-corrected chi connectivity index (χ4v) is 3.06. The minimum absolute atomic E-state index is 0.202. The molecule has 0 radical (unpaired) electrons. The highest BCUT2D eigenvalue weighted by atomic mass is 79.9. The van der Waals surface area contributed by atoms with Gasteiger partial charge in [-0.3, -0.25) is 0 Å². The Morgan fingerprint density at radius 1 is 1.20 bits per heavy atom. The minimum Gasteiger partial charge on any atom is -0.496 e. The van der Waals surface area contributed by atoms with Crippen LogP contribution in [0.15, 0.2) is 40.9 Å². The van der Waals surface area contributed by atoms with Gasteiger partial charge in [-0.25, -0.2) is 4.39 Å². The molecule has 0 bridgehead atoms. The van der Waals surface area contributed by atoms with Gasteiger partial charge in [0.15, 0.2) is 0 Å². The van der Waals surface area contributed by atoms with Gasteiger partial charge in [-0.15, -0.1) is 0 Å². The lowest BCUT2D eigenvalue weighted by molar-refractivity contribution is 0.404. The second-order valence-corrected chi connectivity index (χ2v) is 5.56. The third kappa shape index (κ3) is 3.14. The van der Waals surface area contributed by atoms with Crippen molar-refractivity contribution in [2.75, 3.05) is 14.2 Å². The molecule has 0 aliphatic rings. The predicted octanol–water partition coefficient (Wildman–Crippen LogP) is 4.56. The van der Waals surface area contributed by atoms with Gasteiger partial charge in [-0.1, -0.05) is 33.6 Å². The summed E-state index contributed by atoms with van der Waals surface area (Å²) < 4.78 is 19.7. The van der Waals surface area contributed by atoms with Crippen LogP contribution in [0.3, 0.4) is 0 Å². The lowest BCUT2D eigenvalue weighted by Crippen LogP contribution is -2.19. The maximum absolute atomic E-state index is 13.5. The van der Waals surface area contributed by atoms with E-state index in [1.165, 1.54) is 12.1 Å². The van der Waals surface area contributed by atoms with Crippen molar-refractivity contribution in [3.63, 3.8) is 0 Å². The molecule has 0 spiro atoms. The molecule has 1 unspecified atom stereocenters. The van der Waals surface area contributed by atoms with E-state index in [-0.39, 0.29) is 11.9 Å². The van der Waals surface area contributed by atoms with Crippen LogP contribution >= 0.6 is 27.5 Å². The van der Waals surface area contributed by atoms with Crippen LogP contribution in [0.25, 0.3) is 0 Å². The number of benzene rings is 2. The number of nitrogens with one attached hydrogen (secondary N) is 1. The first-order valence-electron chi connectivity index (χ1n) is 6.02. The third-order valence-electron chi connectivity index (χ3n) is 3.06. The van der Waals surface area contributed by atoms with Crippen molar-refractivity contribution in [2.24, 2.45) is 0 Å². The Morgan fingerprint density at radius 2 is 1.95 bits per heavy atom. The van der Waals surface area contributed by atoms with Crippen LogP contribution in [-0.4, -0.2) is 14.2 Å². The zero-order chi connectivity index (χ0) is 14.7. The molecule has 1 N–H and O–H groups in total.